The smallest absolute Gasteiger partial charge is 0.276 e. The molecule has 2 N–H and O–H groups in total. The maximum absolute atomic E-state index is 13.3. The zero-order chi connectivity index (χ0) is 23.4. The molecule has 1 saturated heterocycles. The van der Waals surface area contributed by atoms with E-state index < -0.39 is 11.9 Å². The topological polar surface area (TPSA) is 87.7 Å². The van der Waals surface area contributed by atoms with Crippen molar-refractivity contribution < 1.29 is 19.1 Å². The molecule has 2 aromatic carbocycles. The first kappa shape index (κ1) is 22.8. The Morgan fingerprint density at radius 1 is 1.00 bits per heavy atom. The molecule has 0 aromatic heterocycles. The Hall–Kier alpha value is -3.35. The summed E-state index contributed by atoms with van der Waals surface area (Å²) in [5.41, 5.74) is 7.51. The highest BCUT2D eigenvalue weighted by Gasteiger charge is 2.47. The van der Waals surface area contributed by atoms with E-state index in [2.05, 4.69) is 10.9 Å². The Kier molecular flexibility index (Phi) is 6.96. The van der Waals surface area contributed by atoms with Crippen LogP contribution in [0.5, 0.6) is 5.75 Å². The molecule has 174 valence electrons. The second-order valence-corrected chi connectivity index (χ2v) is 9.04. The summed E-state index contributed by atoms with van der Waals surface area (Å²) in [7, 11) is 0. The number of amides is 3. The number of carbonyl (C=O) groups is 3. The molecule has 33 heavy (non-hydrogen) atoms. The summed E-state index contributed by atoms with van der Waals surface area (Å²) in [5.74, 6) is -0.00873. The zero-order valence-corrected chi connectivity index (χ0v) is 19.2. The van der Waals surface area contributed by atoms with E-state index in [1.54, 1.807) is 17.0 Å². The van der Waals surface area contributed by atoms with Gasteiger partial charge < -0.3 is 9.64 Å². The number of rotatable bonds is 5. The van der Waals surface area contributed by atoms with Crippen molar-refractivity contribution in [3.63, 3.8) is 0 Å². The number of ether oxygens (including phenoxy) is 1. The van der Waals surface area contributed by atoms with E-state index in [0.29, 0.717) is 23.7 Å². The maximum atomic E-state index is 13.3. The molecule has 2 fully saturated rings. The number of hydrazine groups is 1. The molecule has 1 saturated carbocycles. The van der Waals surface area contributed by atoms with Crippen molar-refractivity contribution in [2.75, 3.05) is 6.61 Å². The summed E-state index contributed by atoms with van der Waals surface area (Å²) in [6.45, 7) is 3.65. The van der Waals surface area contributed by atoms with Gasteiger partial charge in [-0.15, -0.1) is 0 Å². The van der Waals surface area contributed by atoms with E-state index in [9.17, 15) is 14.4 Å². The Bertz CT molecular complexity index is 1020. The molecule has 3 unspecified atom stereocenters. The quantitative estimate of drug-likeness (QED) is 0.686. The summed E-state index contributed by atoms with van der Waals surface area (Å²) in [5, 5.41) is 0. The van der Waals surface area contributed by atoms with Crippen molar-refractivity contribution in [3.8, 4) is 5.75 Å². The van der Waals surface area contributed by atoms with E-state index in [-0.39, 0.29) is 24.5 Å². The van der Waals surface area contributed by atoms with E-state index in [1.165, 1.54) is 0 Å². The third kappa shape index (κ3) is 5.18. The SMILES string of the molecule is Cc1ccc(C)c(OCC(=O)NNC(=O)C2CC3CCCCC3N2C(=O)c2ccccc2)c1. The van der Waals surface area contributed by atoms with Crippen LogP contribution < -0.4 is 15.6 Å². The van der Waals surface area contributed by atoms with Gasteiger partial charge in [0.15, 0.2) is 6.61 Å². The largest absolute Gasteiger partial charge is 0.483 e. The van der Waals surface area contributed by atoms with Crippen LogP contribution >= 0.6 is 0 Å². The molecule has 1 heterocycles. The lowest BCUT2D eigenvalue weighted by Crippen LogP contribution is -2.54. The summed E-state index contributed by atoms with van der Waals surface area (Å²) < 4.78 is 5.60. The number of nitrogens with zero attached hydrogens (tertiary/aromatic N) is 1. The van der Waals surface area contributed by atoms with Crippen molar-refractivity contribution in [2.24, 2.45) is 5.92 Å². The van der Waals surface area contributed by atoms with Crippen LogP contribution in [-0.4, -0.2) is 41.3 Å². The lowest BCUT2D eigenvalue weighted by atomic mass is 9.84. The van der Waals surface area contributed by atoms with E-state index in [0.717, 1.165) is 36.8 Å². The molecular weight excluding hydrogens is 418 g/mol. The number of nitrogens with one attached hydrogen (secondary N) is 2. The van der Waals surface area contributed by atoms with Gasteiger partial charge in [-0.2, -0.15) is 0 Å². The molecular formula is C26H31N3O4. The highest BCUT2D eigenvalue weighted by Crippen LogP contribution is 2.40. The molecule has 4 rings (SSSR count). The van der Waals surface area contributed by atoms with E-state index >= 15 is 0 Å². The zero-order valence-electron chi connectivity index (χ0n) is 19.2. The first-order valence-electron chi connectivity index (χ1n) is 11.6. The Morgan fingerprint density at radius 2 is 1.76 bits per heavy atom. The van der Waals surface area contributed by atoms with Gasteiger partial charge in [-0.25, -0.2) is 0 Å². The number of carbonyl (C=O) groups excluding carboxylic acids is 3. The van der Waals surface area contributed by atoms with Gasteiger partial charge in [-0.3, -0.25) is 25.2 Å². The highest BCUT2D eigenvalue weighted by molar-refractivity contribution is 5.98. The molecule has 0 radical (unpaired) electrons. The van der Waals surface area contributed by atoms with E-state index in [1.807, 2.05) is 50.2 Å². The van der Waals surface area contributed by atoms with E-state index in [4.69, 9.17) is 4.74 Å². The van der Waals surface area contributed by atoms with Crippen LogP contribution in [0, 0.1) is 19.8 Å². The van der Waals surface area contributed by atoms with Crippen molar-refractivity contribution in [3.05, 3.63) is 65.2 Å². The molecule has 0 spiro atoms. The molecule has 3 atom stereocenters. The lowest BCUT2D eigenvalue weighted by molar-refractivity contribution is -0.132. The number of benzene rings is 2. The highest BCUT2D eigenvalue weighted by atomic mass is 16.5. The van der Waals surface area contributed by atoms with Gasteiger partial charge >= 0.3 is 0 Å². The fourth-order valence-electron chi connectivity index (χ4n) is 4.97. The second-order valence-electron chi connectivity index (χ2n) is 9.04. The predicted molar refractivity (Wildman–Crippen MR) is 124 cm³/mol. The molecule has 2 aromatic rings. The van der Waals surface area contributed by atoms with Gasteiger partial charge in [-0.1, -0.05) is 43.2 Å². The summed E-state index contributed by atoms with van der Waals surface area (Å²) in [6.07, 6.45) is 4.71. The van der Waals surface area contributed by atoms with Gasteiger partial charge in [-0.05, 0) is 68.4 Å². The second kappa shape index (κ2) is 10.1. The van der Waals surface area contributed by atoms with Gasteiger partial charge in [0.05, 0.1) is 0 Å². The summed E-state index contributed by atoms with van der Waals surface area (Å²) in [6, 6.07) is 14.3. The lowest BCUT2D eigenvalue weighted by Gasteiger charge is -2.33. The van der Waals surface area contributed by atoms with Gasteiger partial charge in [0.2, 0.25) is 0 Å². The van der Waals surface area contributed by atoms with Crippen LogP contribution in [0.2, 0.25) is 0 Å². The van der Waals surface area contributed by atoms with Crippen LogP contribution in [-0.2, 0) is 9.59 Å². The molecule has 7 nitrogen and oxygen atoms in total. The third-order valence-corrected chi connectivity index (χ3v) is 6.67. The molecule has 1 aliphatic carbocycles. The van der Waals surface area contributed by atoms with Crippen LogP contribution in [0.25, 0.3) is 0 Å². The number of likely N-dealkylation sites (tertiary alicyclic amines) is 1. The number of hydrogen-bond donors (Lipinski definition) is 2. The minimum Gasteiger partial charge on any atom is -0.483 e. The summed E-state index contributed by atoms with van der Waals surface area (Å²) >= 11 is 0. The fraction of sp³-hybridized carbons (Fsp3) is 0.423. The Morgan fingerprint density at radius 3 is 2.55 bits per heavy atom. The standard InChI is InChI=1S/C26H31N3O4/c1-17-12-13-18(2)23(14-17)33-16-24(30)27-28-25(31)22-15-20-10-6-7-11-21(20)29(22)26(32)19-8-4-3-5-9-19/h3-5,8-9,12-14,20-22H,6-7,10-11,15-16H2,1-2H3,(H,27,30)(H,28,31). The minimum absolute atomic E-state index is 0.0607. The van der Waals surface area contributed by atoms with Gasteiger partial charge in [0.25, 0.3) is 17.7 Å². The van der Waals surface area contributed by atoms with Crippen molar-refractivity contribution in [1.29, 1.82) is 0 Å². The van der Waals surface area contributed by atoms with Crippen LogP contribution in [0.3, 0.4) is 0 Å². The predicted octanol–water partition coefficient (Wildman–Crippen LogP) is 3.30. The number of hydrogen-bond acceptors (Lipinski definition) is 4. The maximum Gasteiger partial charge on any atom is 0.276 e. The monoisotopic (exact) mass is 449 g/mol. The van der Waals surface area contributed by atoms with Crippen LogP contribution in [0.1, 0.15) is 53.6 Å². The van der Waals surface area contributed by atoms with Gasteiger partial charge in [0.1, 0.15) is 11.8 Å². The minimum atomic E-state index is -0.606. The third-order valence-electron chi connectivity index (χ3n) is 6.67. The molecule has 2 aliphatic rings. The van der Waals surface area contributed by atoms with Gasteiger partial charge in [0, 0.05) is 11.6 Å². The normalized spacial score (nSPS) is 21.8. The van der Waals surface area contributed by atoms with Crippen molar-refractivity contribution in [2.45, 2.75) is 58.0 Å². The summed E-state index contributed by atoms with van der Waals surface area (Å²) in [4.78, 5) is 40.4. The first-order chi connectivity index (χ1) is 15.9. The number of aryl methyl sites for hydroxylation is 2. The molecule has 3 amide bonds. The fourth-order valence-corrected chi connectivity index (χ4v) is 4.97. The average Bonchev–Trinajstić information content (AvgIpc) is 3.23. The Balaban J connectivity index is 1.38. The Labute approximate surface area is 194 Å². The number of fused-ring (bicyclic) bond motifs is 1. The van der Waals surface area contributed by atoms with Crippen molar-refractivity contribution in [1.82, 2.24) is 15.8 Å². The first-order valence-corrected chi connectivity index (χ1v) is 11.6. The molecule has 0 bridgehead atoms. The average molecular weight is 450 g/mol. The van der Waals surface area contributed by atoms with Crippen LogP contribution in [0.4, 0.5) is 0 Å². The van der Waals surface area contributed by atoms with Crippen molar-refractivity contribution >= 4 is 17.7 Å². The molecule has 7 heteroatoms. The molecule has 1 aliphatic heterocycles. The van der Waals surface area contributed by atoms with Crippen LogP contribution in [0.15, 0.2) is 48.5 Å².